The molecule has 3 rings (SSSR count). The third-order valence-electron chi connectivity index (χ3n) is 5.01. The number of hydrogen-bond donors (Lipinski definition) is 1. The number of aromatic nitrogens is 1. The summed E-state index contributed by atoms with van der Waals surface area (Å²) in [5.41, 5.74) is 1.78. The first-order valence-electron chi connectivity index (χ1n) is 10.4. The second-order valence-electron chi connectivity index (χ2n) is 7.15. The molecule has 8 nitrogen and oxygen atoms in total. The van der Waals surface area contributed by atoms with Crippen LogP contribution in [0.1, 0.15) is 17.3 Å². The van der Waals surface area contributed by atoms with Crippen LogP contribution < -0.4 is 24.4 Å². The number of carbonyl (C=O) groups is 2. The Morgan fingerprint density at radius 2 is 1.45 bits per heavy atom. The summed E-state index contributed by atoms with van der Waals surface area (Å²) < 4.78 is 16.0. The van der Waals surface area contributed by atoms with Gasteiger partial charge in [-0.15, -0.1) is 0 Å². The number of ether oxygens (including phenoxy) is 3. The van der Waals surface area contributed by atoms with Crippen LogP contribution >= 0.6 is 0 Å². The van der Waals surface area contributed by atoms with Crippen molar-refractivity contribution in [2.75, 3.05) is 39.3 Å². The lowest BCUT2D eigenvalue weighted by Crippen LogP contribution is -2.32. The molecule has 0 saturated heterocycles. The van der Waals surface area contributed by atoms with Crippen molar-refractivity contribution in [2.24, 2.45) is 0 Å². The van der Waals surface area contributed by atoms with Gasteiger partial charge in [-0.3, -0.25) is 14.5 Å². The number of methoxy groups -OCH3 is 2. The molecule has 2 amide bonds. The van der Waals surface area contributed by atoms with Gasteiger partial charge in [-0.05, 0) is 60.7 Å². The standard InChI is InChI=1S/C25H27N3O5/c1-17(29)28(2)24-22(13-14-23(27-24)18-5-7-19(31-3)8-6-18)25(30)26-15-16-33-21-11-9-20(32-4)10-12-21/h5-14H,15-16H2,1-4H3,(H,26,30). The molecule has 0 bridgehead atoms. The maximum absolute atomic E-state index is 12.8. The van der Waals surface area contributed by atoms with Crippen molar-refractivity contribution in [3.63, 3.8) is 0 Å². The predicted octanol–water partition coefficient (Wildman–Crippen LogP) is 3.56. The highest BCUT2D eigenvalue weighted by molar-refractivity contribution is 6.03. The molecular formula is C25H27N3O5. The summed E-state index contributed by atoms with van der Waals surface area (Å²) >= 11 is 0. The number of benzene rings is 2. The van der Waals surface area contributed by atoms with Gasteiger partial charge in [0.25, 0.3) is 5.91 Å². The average Bonchev–Trinajstić information content (AvgIpc) is 2.86. The summed E-state index contributed by atoms with van der Waals surface area (Å²) in [7, 11) is 4.79. The van der Waals surface area contributed by atoms with Crippen LogP contribution in [0.5, 0.6) is 17.2 Å². The number of carbonyl (C=O) groups excluding carboxylic acids is 2. The summed E-state index contributed by atoms with van der Waals surface area (Å²) in [6.45, 7) is 1.99. The molecule has 33 heavy (non-hydrogen) atoms. The van der Waals surface area contributed by atoms with Gasteiger partial charge in [-0.25, -0.2) is 4.98 Å². The maximum Gasteiger partial charge on any atom is 0.255 e. The monoisotopic (exact) mass is 449 g/mol. The maximum atomic E-state index is 12.8. The lowest BCUT2D eigenvalue weighted by Gasteiger charge is -2.19. The molecule has 1 heterocycles. The van der Waals surface area contributed by atoms with E-state index in [-0.39, 0.29) is 30.8 Å². The molecule has 1 aromatic heterocycles. The Morgan fingerprint density at radius 1 is 0.879 bits per heavy atom. The van der Waals surface area contributed by atoms with Crippen LogP contribution in [0.4, 0.5) is 5.82 Å². The average molecular weight is 450 g/mol. The fourth-order valence-electron chi connectivity index (χ4n) is 3.05. The van der Waals surface area contributed by atoms with Crippen molar-refractivity contribution in [1.82, 2.24) is 10.3 Å². The molecule has 0 radical (unpaired) electrons. The number of hydrogen-bond acceptors (Lipinski definition) is 6. The number of rotatable bonds is 9. The Hall–Kier alpha value is -4.07. The molecule has 0 atom stereocenters. The van der Waals surface area contributed by atoms with Gasteiger partial charge in [0.05, 0.1) is 32.0 Å². The van der Waals surface area contributed by atoms with Gasteiger partial charge in [0.15, 0.2) is 0 Å². The molecule has 8 heteroatoms. The highest BCUT2D eigenvalue weighted by Gasteiger charge is 2.19. The van der Waals surface area contributed by atoms with Crippen molar-refractivity contribution in [1.29, 1.82) is 0 Å². The highest BCUT2D eigenvalue weighted by atomic mass is 16.5. The van der Waals surface area contributed by atoms with Gasteiger partial charge in [-0.2, -0.15) is 0 Å². The van der Waals surface area contributed by atoms with E-state index in [1.165, 1.54) is 11.8 Å². The van der Waals surface area contributed by atoms with Crippen LogP contribution in [0, 0.1) is 0 Å². The summed E-state index contributed by atoms with van der Waals surface area (Å²) in [5, 5.41) is 2.82. The molecule has 3 aromatic rings. The minimum Gasteiger partial charge on any atom is -0.497 e. The van der Waals surface area contributed by atoms with E-state index in [4.69, 9.17) is 14.2 Å². The zero-order valence-corrected chi connectivity index (χ0v) is 19.1. The van der Waals surface area contributed by atoms with Gasteiger partial charge in [0, 0.05) is 19.5 Å². The van der Waals surface area contributed by atoms with E-state index in [1.54, 1.807) is 57.7 Å². The van der Waals surface area contributed by atoms with Crippen LogP contribution in [0.25, 0.3) is 11.3 Å². The van der Waals surface area contributed by atoms with Gasteiger partial charge >= 0.3 is 0 Å². The lowest BCUT2D eigenvalue weighted by molar-refractivity contribution is -0.116. The highest BCUT2D eigenvalue weighted by Crippen LogP contribution is 2.26. The largest absolute Gasteiger partial charge is 0.497 e. The summed E-state index contributed by atoms with van der Waals surface area (Å²) in [4.78, 5) is 30.8. The molecular weight excluding hydrogens is 422 g/mol. The Kier molecular flexibility index (Phi) is 7.86. The number of nitrogens with zero attached hydrogens (tertiary/aromatic N) is 2. The molecule has 0 spiro atoms. The van der Waals surface area contributed by atoms with Gasteiger partial charge in [-0.1, -0.05) is 0 Å². The first-order valence-corrected chi connectivity index (χ1v) is 10.4. The van der Waals surface area contributed by atoms with Crippen LogP contribution in [-0.4, -0.2) is 51.2 Å². The fraction of sp³-hybridized carbons (Fsp3) is 0.240. The molecule has 2 aromatic carbocycles. The molecule has 172 valence electrons. The molecule has 1 N–H and O–H groups in total. The third-order valence-corrected chi connectivity index (χ3v) is 5.01. The number of amides is 2. The van der Waals surface area contributed by atoms with Crippen LogP contribution in [0.15, 0.2) is 60.7 Å². The fourth-order valence-corrected chi connectivity index (χ4v) is 3.05. The Labute approximate surface area is 193 Å². The lowest BCUT2D eigenvalue weighted by atomic mass is 10.1. The first-order chi connectivity index (χ1) is 15.9. The van der Waals surface area contributed by atoms with E-state index in [1.807, 2.05) is 24.3 Å². The smallest absolute Gasteiger partial charge is 0.255 e. The summed E-state index contributed by atoms with van der Waals surface area (Å²) in [6.07, 6.45) is 0. The normalized spacial score (nSPS) is 10.3. The topological polar surface area (TPSA) is 90.0 Å². The van der Waals surface area contributed by atoms with Crippen molar-refractivity contribution in [3.05, 3.63) is 66.2 Å². The number of nitrogens with one attached hydrogen (secondary N) is 1. The van der Waals surface area contributed by atoms with Gasteiger partial charge < -0.3 is 19.5 Å². The number of pyridine rings is 1. The molecule has 0 aliphatic carbocycles. The SMILES string of the molecule is COc1ccc(OCCNC(=O)c2ccc(-c3ccc(OC)cc3)nc2N(C)C(C)=O)cc1. The van der Waals surface area contributed by atoms with E-state index in [9.17, 15) is 9.59 Å². The van der Waals surface area contributed by atoms with E-state index in [0.717, 1.165) is 17.1 Å². The van der Waals surface area contributed by atoms with Gasteiger partial charge in [0.1, 0.15) is 29.7 Å². The zero-order chi connectivity index (χ0) is 23.8. The van der Waals surface area contributed by atoms with Crippen molar-refractivity contribution >= 4 is 17.6 Å². The second kappa shape index (κ2) is 11.0. The van der Waals surface area contributed by atoms with Gasteiger partial charge in [0.2, 0.25) is 5.91 Å². The Balaban J connectivity index is 1.71. The molecule has 0 unspecified atom stereocenters. The minimum atomic E-state index is -0.342. The van der Waals surface area contributed by atoms with E-state index >= 15 is 0 Å². The second-order valence-corrected chi connectivity index (χ2v) is 7.15. The molecule has 0 aliphatic heterocycles. The first kappa shape index (κ1) is 23.6. The van der Waals surface area contributed by atoms with Crippen molar-refractivity contribution < 1.29 is 23.8 Å². The van der Waals surface area contributed by atoms with Crippen LogP contribution in [0.3, 0.4) is 0 Å². The van der Waals surface area contributed by atoms with Crippen molar-refractivity contribution in [2.45, 2.75) is 6.92 Å². The van der Waals surface area contributed by atoms with E-state index in [0.29, 0.717) is 17.0 Å². The van der Waals surface area contributed by atoms with E-state index in [2.05, 4.69) is 10.3 Å². The Morgan fingerprint density at radius 3 is 2.03 bits per heavy atom. The molecule has 0 aliphatic rings. The summed E-state index contributed by atoms with van der Waals surface area (Å²) in [5.74, 6) is 1.85. The van der Waals surface area contributed by atoms with Crippen LogP contribution in [0.2, 0.25) is 0 Å². The van der Waals surface area contributed by atoms with E-state index < -0.39 is 0 Å². The minimum absolute atomic E-state index is 0.230. The Bertz CT molecular complexity index is 1100. The van der Waals surface area contributed by atoms with Crippen LogP contribution in [-0.2, 0) is 4.79 Å². The van der Waals surface area contributed by atoms with Crippen molar-refractivity contribution in [3.8, 4) is 28.5 Å². The number of anilines is 1. The summed E-state index contributed by atoms with van der Waals surface area (Å²) in [6, 6.07) is 18.0. The zero-order valence-electron chi connectivity index (χ0n) is 19.1. The molecule has 0 saturated carbocycles. The third kappa shape index (κ3) is 6.00. The molecule has 0 fully saturated rings. The predicted molar refractivity (Wildman–Crippen MR) is 126 cm³/mol. The quantitative estimate of drug-likeness (QED) is 0.503.